The average molecular weight is 439 g/mol. The van der Waals surface area contributed by atoms with Gasteiger partial charge < -0.3 is 19.3 Å². The van der Waals surface area contributed by atoms with Gasteiger partial charge in [-0.25, -0.2) is 4.79 Å². The Morgan fingerprint density at radius 1 is 0.781 bits per heavy atom. The first-order valence-corrected chi connectivity index (χ1v) is 10.8. The van der Waals surface area contributed by atoms with Gasteiger partial charge in [-0.1, -0.05) is 32.9 Å². The van der Waals surface area contributed by atoms with E-state index in [9.17, 15) is 14.4 Å². The van der Waals surface area contributed by atoms with Crippen molar-refractivity contribution in [3.05, 3.63) is 65.2 Å². The van der Waals surface area contributed by atoms with Gasteiger partial charge in [0.1, 0.15) is 5.75 Å². The van der Waals surface area contributed by atoms with Crippen LogP contribution >= 0.6 is 0 Å². The molecule has 2 aromatic carbocycles. The highest BCUT2D eigenvalue weighted by Gasteiger charge is 2.26. The Bertz CT molecular complexity index is 953. The van der Waals surface area contributed by atoms with E-state index in [4.69, 9.17) is 9.47 Å². The van der Waals surface area contributed by atoms with E-state index in [-0.39, 0.29) is 23.8 Å². The molecule has 0 spiro atoms. The highest BCUT2D eigenvalue weighted by atomic mass is 16.7. The van der Waals surface area contributed by atoms with E-state index in [0.717, 1.165) is 0 Å². The van der Waals surface area contributed by atoms with Crippen molar-refractivity contribution in [3.8, 4) is 5.75 Å². The summed E-state index contributed by atoms with van der Waals surface area (Å²) in [5.74, 6) is 0.181. The van der Waals surface area contributed by atoms with Gasteiger partial charge in [-0.15, -0.1) is 0 Å². The highest BCUT2D eigenvalue weighted by molar-refractivity contribution is 5.96. The van der Waals surface area contributed by atoms with Gasteiger partial charge in [-0.05, 0) is 54.3 Å². The van der Waals surface area contributed by atoms with E-state index in [2.05, 4.69) is 20.8 Å². The molecule has 0 saturated carbocycles. The lowest BCUT2D eigenvalue weighted by Crippen LogP contribution is -2.50. The molecular formula is C25H30N2O5. The zero-order valence-corrected chi connectivity index (χ0v) is 19.1. The molecule has 0 aliphatic carbocycles. The van der Waals surface area contributed by atoms with Crippen LogP contribution in [0.4, 0.5) is 4.79 Å². The molecule has 2 amide bonds. The van der Waals surface area contributed by atoms with E-state index in [1.54, 1.807) is 41.0 Å². The second-order valence-electron chi connectivity index (χ2n) is 8.72. The summed E-state index contributed by atoms with van der Waals surface area (Å²) in [5.41, 5.74) is 2.38. The van der Waals surface area contributed by atoms with Gasteiger partial charge >= 0.3 is 6.16 Å². The van der Waals surface area contributed by atoms with Crippen LogP contribution in [0.15, 0.2) is 48.5 Å². The summed E-state index contributed by atoms with van der Waals surface area (Å²) < 4.78 is 9.75. The maximum atomic E-state index is 12.9. The number of hydrogen-bond acceptors (Lipinski definition) is 5. The minimum Gasteiger partial charge on any atom is -0.434 e. The van der Waals surface area contributed by atoms with Gasteiger partial charge in [-0.3, -0.25) is 9.59 Å². The topological polar surface area (TPSA) is 76.2 Å². The van der Waals surface area contributed by atoms with Crippen LogP contribution in [0.1, 0.15) is 54.0 Å². The Kier molecular flexibility index (Phi) is 7.18. The van der Waals surface area contributed by atoms with Gasteiger partial charge in [0.15, 0.2) is 0 Å². The molecule has 0 aromatic heterocycles. The molecule has 0 N–H and O–H groups in total. The summed E-state index contributed by atoms with van der Waals surface area (Å²) in [4.78, 5) is 40.5. The minimum atomic E-state index is -0.777. The van der Waals surface area contributed by atoms with Crippen LogP contribution in [-0.2, 0) is 10.2 Å². The van der Waals surface area contributed by atoms with Crippen LogP contribution in [0.3, 0.4) is 0 Å². The van der Waals surface area contributed by atoms with Crippen LogP contribution in [0.2, 0.25) is 0 Å². The van der Waals surface area contributed by atoms with Crippen molar-refractivity contribution in [1.82, 2.24) is 9.80 Å². The van der Waals surface area contributed by atoms with E-state index in [0.29, 0.717) is 43.1 Å². The summed E-state index contributed by atoms with van der Waals surface area (Å²) in [6, 6.07) is 14.1. The molecule has 0 unspecified atom stereocenters. The summed E-state index contributed by atoms with van der Waals surface area (Å²) in [5, 5.41) is 0. The Hall–Kier alpha value is -3.35. The van der Waals surface area contributed by atoms with E-state index in [1.807, 2.05) is 24.3 Å². The maximum Gasteiger partial charge on any atom is 0.513 e. The summed E-state index contributed by atoms with van der Waals surface area (Å²) in [6.07, 6.45) is -0.777. The fourth-order valence-electron chi connectivity index (χ4n) is 3.50. The molecule has 0 bridgehead atoms. The van der Waals surface area contributed by atoms with Gasteiger partial charge in [0, 0.05) is 37.3 Å². The van der Waals surface area contributed by atoms with Crippen LogP contribution in [-0.4, -0.2) is 60.6 Å². The lowest BCUT2D eigenvalue weighted by molar-refractivity contribution is 0.0535. The number of piperazine rings is 1. The number of amides is 2. The fourth-order valence-corrected chi connectivity index (χ4v) is 3.50. The third kappa shape index (κ3) is 5.66. The largest absolute Gasteiger partial charge is 0.513 e. The van der Waals surface area contributed by atoms with Gasteiger partial charge in [-0.2, -0.15) is 0 Å². The zero-order chi connectivity index (χ0) is 23.3. The smallest absolute Gasteiger partial charge is 0.434 e. The van der Waals surface area contributed by atoms with Gasteiger partial charge in [0.2, 0.25) is 0 Å². The van der Waals surface area contributed by atoms with Crippen molar-refractivity contribution >= 4 is 18.0 Å². The van der Waals surface area contributed by atoms with Crippen LogP contribution < -0.4 is 4.74 Å². The standard InChI is InChI=1S/C25H30N2O5/c1-5-31-24(30)32-21-12-8-19(9-13-21)23(29)27-16-14-26(15-17-27)22(28)18-6-10-20(11-7-18)25(2,3)4/h6-13H,5,14-17H2,1-4H3. The number of carbonyl (C=O) groups excluding carboxylic acids is 3. The normalized spacial score (nSPS) is 14.1. The van der Waals surface area contributed by atoms with Crippen LogP contribution in [0, 0.1) is 0 Å². The van der Waals surface area contributed by atoms with Crippen molar-refractivity contribution in [1.29, 1.82) is 0 Å². The molecule has 0 radical (unpaired) electrons. The SMILES string of the molecule is CCOC(=O)Oc1ccc(C(=O)N2CCN(C(=O)c3ccc(C(C)(C)C)cc3)CC2)cc1. The number of benzene rings is 2. The molecule has 1 saturated heterocycles. The molecule has 32 heavy (non-hydrogen) atoms. The molecule has 7 heteroatoms. The molecule has 1 fully saturated rings. The Morgan fingerprint density at radius 3 is 1.62 bits per heavy atom. The van der Waals surface area contributed by atoms with Gasteiger partial charge in [0.25, 0.3) is 11.8 Å². The number of hydrogen-bond donors (Lipinski definition) is 0. The Morgan fingerprint density at radius 2 is 1.22 bits per heavy atom. The predicted octanol–water partition coefficient (Wildman–Crippen LogP) is 4.12. The van der Waals surface area contributed by atoms with Crippen molar-refractivity contribution in [2.24, 2.45) is 0 Å². The first-order chi connectivity index (χ1) is 15.2. The van der Waals surface area contributed by atoms with E-state index >= 15 is 0 Å². The number of rotatable bonds is 4. The molecular weight excluding hydrogens is 408 g/mol. The maximum absolute atomic E-state index is 12.9. The third-order valence-corrected chi connectivity index (χ3v) is 5.42. The fraction of sp³-hybridized carbons (Fsp3) is 0.400. The predicted molar refractivity (Wildman–Crippen MR) is 121 cm³/mol. The molecule has 1 aliphatic heterocycles. The highest BCUT2D eigenvalue weighted by Crippen LogP contribution is 2.23. The molecule has 170 valence electrons. The lowest BCUT2D eigenvalue weighted by atomic mass is 9.86. The summed E-state index contributed by atoms with van der Waals surface area (Å²) >= 11 is 0. The molecule has 1 aliphatic rings. The van der Waals surface area contributed by atoms with Crippen molar-refractivity contribution in [2.45, 2.75) is 33.1 Å². The molecule has 3 rings (SSSR count). The zero-order valence-electron chi connectivity index (χ0n) is 19.1. The van der Waals surface area contributed by atoms with E-state index < -0.39 is 6.16 Å². The first-order valence-electron chi connectivity index (χ1n) is 10.8. The monoisotopic (exact) mass is 438 g/mol. The number of ether oxygens (including phenoxy) is 2. The summed E-state index contributed by atoms with van der Waals surface area (Å²) in [7, 11) is 0. The van der Waals surface area contributed by atoms with Gasteiger partial charge in [0.05, 0.1) is 6.61 Å². The Labute approximate surface area is 188 Å². The summed E-state index contributed by atoms with van der Waals surface area (Å²) in [6.45, 7) is 10.2. The molecule has 7 nitrogen and oxygen atoms in total. The molecule has 2 aromatic rings. The van der Waals surface area contributed by atoms with Crippen molar-refractivity contribution < 1.29 is 23.9 Å². The number of carbonyl (C=O) groups is 3. The average Bonchev–Trinajstić information content (AvgIpc) is 2.78. The second-order valence-corrected chi connectivity index (χ2v) is 8.72. The van der Waals surface area contributed by atoms with Crippen molar-refractivity contribution in [3.63, 3.8) is 0 Å². The number of nitrogens with zero attached hydrogens (tertiary/aromatic N) is 2. The molecule has 1 heterocycles. The Balaban J connectivity index is 1.55. The van der Waals surface area contributed by atoms with Crippen LogP contribution in [0.25, 0.3) is 0 Å². The first kappa shape index (κ1) is 23.3. The molecule has 0 atom stereocenters. The van der Waals surface area contributed by atoms with Crippen molar-refractivity contribution in [2.75, 3.05) is 32.8 Å². The lowest BCUT2D eigenvalue weighted by Gasteiger charge is -2.35. The quantitative estimate of drug-likeness (QED) is 0.530. The van der Waals surface area contributed by atoms with E-state index in [1.165, 1.54) is 5.56 Å². The van der Waals surface area contributed by atoms with Crippen LogP contribution in [0.5, 0.6) is 5.75 Å². The second kappa shape index (κ2) is 9.85. The third-order valence-electron chi connectivity index (χ3n) is 5.42. The minimum absolute atomic E-state index is 0.0157.